The molecule has 1 aliphatic rings. The Balaban J connectivity index is 2.22. The van der Waals surface area contributed by atoms with E-state index in [2.05, 4.69) is 24.5 Å². The molecule has 0 bridgehead atoms. The third-order valence-corrected chi connectivity index (χ3v) is 4.63. The first-order valence-electron chi connectivity index (χ1n) is 7.28. The first kappa shape index (κ1) is 17.1. The molecule has 0 aromatic carbocycles. The molecule has 0 spiro atoms. The van der Waals surface area contributed by atoms with Gasteiger partial charge in [-0.1, -0.05) is 13.8 Å². The van der Waals surface area contributed by atoms with E-state index >= 15 is 0 Å². The summed E-state index contributed by atoms with van der Waals surface area (Å²) in [4.78, 5) is 22.5. The first-order valence-corrected chi connectivity index (χ1v) is 8.44. The molecule has 0 aromatic rings. The van der Waals surface area contributed by atoms with Gasteiger partial charge < -0.3 is 15.7 Å². The Morgan fingerprint density at radius 3 is 2.65 bits per heavy atom. The van der Waals surface area contributed by atoms with E-state index in [9.17, 15) is 9.59 Å². The maximum atomic E-state index is 11.7. The second kappa shape index (κ2) is 9.10. The number of carboxylic acids is 1. The summed E-state index contributed by atoms with van der Waals surface area (Å²) < 4.78 is 0. The molecule has 1 fully saturated rings. The van der Waals surface area contributed by atoms with Gasteiger partial charge in [0.15, 0.2) is 0 Å². The minimum atomic E-state index is -0.805. The van der Waals surface area contributed by atoms with E-state index in [1.54, 1.807) is 0 Å². The van der Waals surface area contributed by atoms with Gasteiger partial charge in [-0.2, -0.15) is 11.8 Å². The molecule has 6 heteroatoms. The zero-order valence-electron chi connectivity index (χ0n) is 12.4. The Hall–Kier alpha value is -0.910. The topological polar surface area (TPSA) is 78.4 Å². The highest BCUT2D eigenvalue weighted by Crippen LogP contribution is 2.22. The molecule has 2 unspecified atom stereocenters. The number of hydrogen-bond donors (Lipinski definition) is 3. The van der Waals surface area contributed by atoms with E-state index in [0.29, 0.717) is 24.9 Å². The monoisotopic (exact) mass is 302 g/mol. The van der Waals surface area contributed by atoms with Crippen LogP contribution in [-0.2, 0) is 4.79 Å². The number of hydrogen-bond acceptors (Lipinski definition) is 3. The molecule has 2 amide bonds. The van der Waals surface area contributed by atoms with Crippen molar-refractivity contribution in [2.45, 2.75) is 33.1 Å². The maximum Gasteiger partial charge on any atom is 0.314 e. The van der Waals surface area contributed by atoms with Gasteiger partial charge in [0.1, 0.15) is 0 Å². The fourth-order valence-corrected chi connectivity index (χ4v) is 3.72. The standard InChI is InChI=1S/C14H26N2O3S/c1-10(2)5-12(6-13(17)18)8-16-14(19)15-7-11-3-4-20-9-11/h10-12H,3-9H2,1-2H3,(H,17,18)(H2,15,16,19). The van der Waals surface area contributed by atoms with E-state index < -0.39 is 5.97 Å². The molecule has 1 saturated heterocycles. The van der Waals surface area contributed by atoms with Crippen molar-refractivity contribution in [1.82, 2.24) is 10.6 Å². The van der Waals surface area contributed by atoms with Gasteiger partial charge in [0, 0.05) is 19.5 Å². The molecule has 116 valence electrons. The number of aliphatic carboxylic acids is 1. The van der Waals surface area contributed by atoms with Crippen molar-refractivity contribution >= 4 is 23.8 Å². The maximum absolute atomic E-state index is 11.7. The molecule has 0 aliphatic carbocycles. The van der Waals surface area contributed by atoms with Crippen molar-refractivity contribution < 1.29 is 14.7 Å². The number of amides is 2. The summed E-state index contributed by atoms with van der Waals surface area (Å²) >= 11 is 1.93. The third kappa shape index (κ3) is 7.62. The van der Waals surface area contributed by atoms with Crippen LogP contribution in [0.25, 0.3) is 0 Å². The molecule has 1 aliphatic heterocycles. The van der Waals surface area contributed by atoms with E-state index in [1.165, 1.54) is 12.2 Å². The largest absolute Gasteiger partial charge is 0.481 e. The van der Waals surface area contributed by atoms with Gasteiger partial charge in [-0.15, -0.1) is 0 Å². The highest BCUT2D eigenvalue weighted by atomic mass is 32.2. The smallest absolute Gasteiger partial charge is 0.314 e. The number of carbonyl (C=O) groups excluding carboxylic acids is 1. The molecular weight excluding hydrogens is 276 g/mol. The van der Waals surface area contributed by atoms with Crippen LogP contribution in [0.5, 0.6) is 0 Å². The van der Waals surface area contributed by atoms with E-state index in [1.807, 2.05) is 11.8 Å². The molecule has 0 saturated carbocycles. The average Bonchev–Trinajstić information content (AvgIpc) is 2.85. The number of urea groups is 1. The summed E-state index contributed by atoms with van der Waals surface area (Å²) in [5, 5.41) is 14.6. The lowest BCUT2D eigenvalue weighted by Crippen LogP contribution is -2.40. The Bertz CT molecular complexity index is 318. The molecule has 0 radical (unpaired) electrons. The molecule has 1 heterocycles. The predicted molar refractivity (Wildman–Crippen MR) is 82.0 cm³/mol. The van der Waals surface area contributed by atoms with Crippen LogP contribution in [0, 0.1) is 17.8 Å². The zero-order valence-corrected chi connectivity index (χ0v) is 13.2. The van der Waals surface area contributed by atoms with Crippen molar-refractivity contribution in [2.24, 2.45) is 17.8 Å². The van der Waals surface area contributed by atoms with Crippen molar-refractivity contribution in [3.05, 3.63) is 0 Å². The first-order chi connectivity index (χ1) is 9.47. The zero-order chi connectivity index (χ0) is 15.0. The molecule has 20 heavy (non-hydrogen) atoms. The van der Waals surface area contributed by atoms with Crippen LogP contribution >= 0.6 is 11.8 Å². The lowest BCUT2D eigenvalue weighted by Gasteiger charge is -2.18. The molecule has 0 aromatic heterocycles. The molecule has 3 N–H and O–H groups in total. The van der Waals surface area contributed by atoms with Crippen LogP contribution in [0.2, 0.25) is 0 Å². The lowest BCUT2D eigenvalue weighted by atomic mass is 9.94. The van der Waals surface area contributed by atoms with Crippen molar-refractivity contribution in [3.63, 3.8) is 0 Å². The average molecular weight is 302 g/mol. The van der Waals surface area contributed by atoms with E-state index in [0.717, 1.165) is 12.2 Å². The van der Waals surface area contributed by atoms with Gasteiger partial charge in [-0.05, 0) is 42.1 Å². The van der Waals surface area contributed by atoms with Crippen molar-refractivity contribution in [2.75, 3.05) is 24.6 Å². The van der Waals surface area contributed by atoms with Gasteiger partial charge in [-0.25, -0.2) is 4.79 Å². The summed E-state index contributed by atoms with van der Waals surface area (Å²) in [5.41, 5.74) is 0. The Kier molecular flexibility index (Phi) is 7.80. The number of carboxylic acid groups (broad SMARTS) is 1. The van der Waals surface area contributed by atoms with Gasteiger partial charge in [0.2, 0.25) is 0 Å². The number of carbonyl (C=O) groups is 2. The normalized spacial score (nSPS) is 19.9. The highest BCUT2D eigenvalue weighted by Gasteiger charge is 2.18. The number of thioether (sulfide) groups is 1. The highest BCUT2D eigenvalue weighted by molar-refractivity contribution is 7.99. The summed E-state index contributed by atoms with van der Waals surface area (Å²) in [6, 6.07) is -0.180. The van der Waals surface area contributed by atoms with Crippen LogP contribution < -0.4 is 10.6 Å². The second-order valence-corrected chi connectivity index (χ2v) is 7.06. The minimum absolute atomic E-state index is 0.000265. The Labute approximate surface area is 125 Å². The molecular formula is C14H26N2O3S. The van der Waals surface area contributed by atoms with Gasteiger partial charge in [0.05, 0.1) is 0 Å². The summed E-state index contributed by atoms with van der Waals surface area (Å²) in [5.74, 6) is 2.51. The van der Waals surface area contributed by atoms with Crippen LogP contribution in [0.3, 0.4) is 0 Å². The number of rotatable bonds is 8. The van der Waals surface area contributed by atoms with Crippen LogP contribution in [0.4, 0.5) is 4.79 Å². The summed E-state index contributed by atoms with van der Waals surface area (Å²) in [6.45, 7) is 5.27. The van der Waals surface area contributed by atoms with Gasteiger partial charge in [0.25, 0.3) is 0 Å². The fraction of sp³-hybridized carbons (Fsp3) is 0.857. The SMILES string of the molecule is CC(C)CC(CNC(=O)NCC1CCSC1)CC(=O)O. The molecule has 1 rings (SSSR count). The minimum Gasteiger partial charge on any atom is -0.481 e. The lowest BCUT2D eigenvalue weighted by molar-refractivity contribution is -0.138. The second-order valence-electron chi connectivity index (χ2n) is 5.91. The fourth-order valence-electron chi connectivity index (χ4n) is 2.43. The molecule has 2 atom stereocenters. The third-order valence-electron chi connectivity index (χ3n) is 3.39. The predicted octanol–water partition coefficient (Wildman–Crippen LogP) is 2.18. The Morgan fingerprint density at radius 1 is 1.35 bits per heavy atom. The van der Waals surface area contributed by atoms with Crippen LogP contribution in [0.15, 0.2) is 0 Å². The van der Waals surface area contributed by atoms with E-state index in [-0.39, 0.29) is 18.4 Å². The van der Waals surface area contributed by atoms with Gasteiger partial charge in [-0.3, -0.25) is 4.79 Å². The van der Waals surface area contributed by atoms with Crippen LogP contribution in [0.1, 0.15) is 33.1 Å². The Morgan fingerprint density at radius 2 is 2.10 bits per heavy atom. The van der Waals surface area contributed by atoms with E-state index in [4.69, 9.17) is 5.11 Å². The summed E-state index contributed by atoms with van der Waals surface area (Å²) in [6.07, 6.45) is 2.09. The summed E-state index contributed by atoms with van der Waals surface area (Å²) in [7, 11) is 0. The van der Waals surface area contributed by atoms with Gasteiger partial charge >= 0.3 is 12.0 Å². The van der Waals surface area contributed by atoms with Crippen molar-refractivity contribution in [1.29, 1.82) is 0 Å². The molecule has 5 nitrogen and oxygen atoms in total. The van der Waals surface area contributed by atoms with Crippen molar-refractivity contribution in [3.8, 4) is 0 Å². The van der Waals surface area contributed by atoms with Crippen LogP contribution in [-0.4, -0.2) is 41.7 Å². The number of nitrogens with one attached hydrogen (secondary N) is 2. The quantitative estimate of drug-likeness (QED) is 0.642.